The van der Waals surface area contributed by atoms with E-state index in [4.69, 9.17) is 14.2 Å². The normalized spacial score (nSPS) is 9.90. The number of methoxy groups -OCH3 is 1. The SMILES string of the molecule is CCCOc1c(Br)cc(C(=O)OCC(=O)NC)cc1OC. The van der Waals surface area contributed by atoms with Crippen molar-refractivity contribution < 1.29 is 23.8 Å². The Balaban J connectivity index is 2.91. The Morgan fingerprint density at radius 3 is 2.62 bits per heavy atom. The average molecular weight is 360 g/mol. The van der Waals surface area contributed by atoms with Crippen molar-refractivity contribution in [3.05, 3.63) is 22.2 Å². The van der Waals surface area contributed by atoms with Gasteiger partial charge in [-0.3, -0.25) is 4.79 Å². The molecule has 1 N–H and O–H groups in total. The maximum Gasteiger partial charge on any atom is 0.338 e. The predicted molar refractivity (Wildman–Crippen MR) is 80.8 cm³/mol. The van der Waals surface area contributed by atoms with E-state index in [1.54, 1.807) is 6.07 Å². The van der Waals surface area contributed by atoms with Crippen LogP contribution in [0.25, 0.3) is 0 Å². The molecule has 0 heterocycles. The molecular formula is C14H18BrNO5. The molecule has 0 atom stereocenters. The number of halogens is 1. The molecule has 6 nitrogen and oxygen atoms in total. The van der Waals surface area contributed by atoms with Crippen molar-refractivity contribution in [3.63, 3.8) is 0 Å². The summed E-state index contributed by atoms with van der Waals surface area (Å²) in [4.78, 5) is 23.0. The van der Waals surface area contributed by atoms with Gasteiger partial charge in [-0.1, -0.05) is 6.92 Å². The second-order valence-corrected chi connectivity index (χ2v) is 4.94. The van der Waals surface area contributed by atoms with Crippen LogP contribution in [0, 0.1) is 0 Å². The summed E-state index contributed by atoms with van der Waals surface area (Å²) in [7, 11) is 2.95. The van der Waals surface area contributed by atoms with E-state index in [0.717, 1.165) is 6.42 Å². The van der Waals surface area contributed by atoms with E-state index < -0.39 is 5.97 Å². The van der Waals surface area contributed by atoms with Crippen molar-refractivity contribution in [2.75, 3.05) is 27.4 Å². The number of esters is 1. The fourth-order valence-corrected chi connectivity index (χ4v) is 2.02. The molecule has 0 radical (unpaired) electrons. The fraction of sp³-hybridized carbons (Fsp3) is 0.429. The number of carbonyl (C=O) groups is 2. The summed E-state index contributed by atoms with van der Waals surface area (Å²) in [6.45, 7) is 2.20. The minimum atomic E-state index is -0.611. The lowest BCUT2D eigenvalue weighted by Gasteiger charge is -2.13. The van der Waals surface area contributed by atoms with Gasteiger partial charge in [-0.2, -0.15) is 0 Å². The molecule has 0 saturated carbocycles. The first-order valence-electron chi connectivity index (χ1n) is 6.41. The van der Waals surface area contributed by atoms with Crippen LogP contribution in [0.2, 0.25) is 0 Å². The molecule has 0 saturated heterocycles. The third-order valence-electron chi connectivity index (χ3n) is 2.53. The summed E-state index contributed by atoms with van der Waals surface area (Å²) in [5.41, 5.74) is 0.270. The number of carbonyl (C=O) groups excluding carboxylic acids is 2. The average Bonchev–Trinajstić information content (AvgIpc) is 2.50. The van der Waals surface area contributed by atoms with Crippen molar-refractivity contribution in [1.82, 2.24) is 5.32 Å². The van der Waals surface area contributed by atoms with Crippen LogP contribution in [0.4, 0.5) is 0 Å². The number of likely N-dealkylation sites (N-methyl/N-ethyl adjacent to an activating group) is 1. The monoisotopic (exact) mass is 359 g/mol. The Bertz CT molecular complexity index is 518. The lowest BCUT2D eigenvalue weighted by molar-refractivity contribution is -0.123. The molecule has 0 unspecified atom stereocenters. The van der Waals surface area contributed by atoms with Crippen LogP contribution in [0.5, 0.6) is 11.5 Å². The quantitative estimate of drug-likeness (QED) is 0.755. The number of nitrogens with one attached hydrogen (secondary N) is 1. The van der Waals surface area contributed by atoms with Gasteiger partial charge in [0.2, 0.25) is 0 Å². The van der Waals surface area contributed by atoms with Crippen LogP contribution >= 0.6 is 15.9 Å². The summed E-state index contributed by atoms with van der Waals surface area (Å²) in [6.07, 6.45) is 0.853. The van der Waals surface area contributed by atoms with Gasteiger partial charge in [0.05, 0.1) is 23.8 Å². The lowest BCUT2D eigenvalue weighted by atomic mass is 10.2. The third-order valence-corrected chi connectivity index (χ3v) is 3.12. The summed E-state index contributed by atoms with van der Waals surface area (Å²) in [5.74, 6) is -0.0381. The van der Waals surface area contributed by atoms with E-state index in [1.807, 2.05) is 6.92 Å². The zero-order chi connectivity index (χ0) is 15.8. The van der Waals surface area contributed by atoms with E-state index in [2.05, 4.69) is 21.2 Å². The summed E-state index contributed by atoms with van der Waals surface area (Å²) >= 11 is 3.34. The Hall–Kier alpha value is -1.76. The van der Waals surface area contributed by atoms with Gasteiger partial charge in [0.15, 0.2) is 18.1 Å². The zero-order valence-electron chi connectivity index (χ0n) is 12.2. The minimum absolute atomic E-state index is 0.270. The molecule has 0 bridgehead atoms. The molecule has 1 aromatic rings. The molecule has 0 aliphatic rings. The highest BCUT2D eigenvalue weighted by Gasteiger charge is 2.17. The first kappa shape index (κ1) is 17.3. The van der Waals surface area contributed by atoms with Gasteiger partial charge >= 0.3 is 5.97 Å². The van der Waals surface area contributed by atoms with Crippen LogP contribution in [-0.2, 0) is 9.53 Å². The van der Waals surface area contributed by atoms with Crippen molar-refractivity contribution in [2.45, 2.75) is 13.3 Å². The molecule has 0 fully saturated rings. The number of amides is 1. The van der Waals surface area contributed by atoms with Crippen molar-refractivity contribution in [2.24, 2.45) is 0 Å². The van der Waals surface area contributed by atoms with Gasteiger partial charge < -0.3 is 19.5 Å². The number of benzene rings is 1. The highest BCUT2D eigenvalue weighted by molar-refractivity contribution is 9.10. The molecule has 0 aromatic heterocycles. The molecular weight excluding hydrogens is 342 g/mol. The van der Waals surface area contributed by atoms with E-state index in [0.29, 0.717) is 22.6 Å². The van der Waals surface area contributed by atoms with E-state index in [1.165, 1.54) is 20.2 Å². The predicted octanol–water partition coefficient (Wildman–Crippen LogP) is 2.15. The molecule has 0 aliphatic carbocycles. The van der Waals surface area contributed by atoms with Crippen LogP contribution in [0.1, 0.15) is 23.7 Å². The first-order chi connectivity index (χ1) is 10.0. The summed E-state index contributed by atoms with van der Waals surface area (Å²) < 4.78 is 16.3. The van der Waals surface area contributed by atoms with Crippen molar-refractivity contribution in [1.29, 1.82) is 0 Å². The Labute approximate surface area is 131 Å². The maximum atomic E-state index is 11.9. The van der Waals surface area contributed by atoms with Gasteiger partial charge in [0.1, 0.15) is 0 Å². The minimum Gasteiger partial charge on any atom is -0.493 e. The van der Waals surface area contributed by atoms with Gasteiger partial charge in [0, 0.05) is 7.05 Å². The molecule has 1 amide bonds. The molecule has 21 heavy (non-hydrogen) atoms. The van der Waals surface area contributed by atoms with Crippen LogP contribution in [0.3, 0.4) is 0 Å². The molecule has 116 valence electrons. The third kappa shape index (κ3) is 4.93. The fourth-order valence-electron chi connectivity index (χ4n) is 1.47. The lowest BCUT2D eigenvalue weighted by Crippen LogP contribution is -2.25. The smallest absolute Gasteiger partial charge is 0.338 e. The Morgan fingerprint density at radius 1 is 1.33 bits per heavy atom. The van der Waals surface area contributed by atoms with Crippen LogP contribution in [0.15, 0.2) is 16.6 Å². The van der Waals surface area contributed by atoms with E-state index >= 15 is 0 Å². The molecule has 1 rings (SSSR count). The Kier molecular flexibility index (Phi) is 7.01. The largest absolute Gasteiger partial charge is 0.493 e. The highest BCUT2D eigenvalue weighted by atomic mass is 79.9. The van der Waals surface area contributed by atoms with Crippen LogP contribution in [-0.4, -0.2) is 39.2 Å². The standard InChI is InChI=1S/C14H18BrNO5/c1-4-5-20-13-10(15)6-9(7-11(13)19-3)14(18)21-8-12(17)16-2/h6-7H,4-5,8H2,1-3H3,(H,16,17). The van der Waals surface area contributed by atoms with Crippen molar-refractivity contribution >= 4 is 27.8 Å². The van der Waals surface area contributed by atoms with E-state index in [9.17, 15) is 9.59 Å². The van der Waals surface area contributed by atoms with Gasteiger partial charge in [-0.05, 0) is 34.5 Å². The van der Waals surface area contributed by atoms with Gasteiger partial charge in [-0.25, -0.2) is 4.79 Å². The second-order valence-electron chi connectivity index (χ2n) is 4.09. The van der Waals surface area contributed by atoms with Gasteiger partial charge in [-0.15, -0.1) is 0 Å². The summed E-state index contributed by atoms with van der Waals surface area (Å²) in [6, 6.07) is 3.08. The number of ether oxygens (including phenoxy) is 3. The van der Waals surface area contributed by atoms with Crippen LogP contribution < -0.4 is 14.8 Å². The first-order valence-corrected chi connectivity index (χ1v) is 7.20. The van der Waals surface area contributed by atoms with E-state index in [-0.39, 0.29) is 18.1 Å². The number of hydrogen-bond donors (Lipinski definition) is 1. The molecule has 7 heteroatoms. The Morgan fingerprint density at radius 2 is 2.05 bits per heavy atom. The maximum absolute atomic E-state index is 11.9. The zero-order valence-corrected chi connectivity index (χ0v) is 13.8. The van der Waals surface area contributed by atoms with Gasteiger partial charge in [0.25, 0.3) is 5.91 Å². The topological polar surface area (TPSA) is 73.9 Å². The number of rotatable bonds is 7. The molecule has 0 spiro atoms. The summed E-state index contributed by atoms with van der Waals surface area (Å²) in [5, 5.41) is 2.37. The van der Waals surface area contributed by atoms with Crippen molar-refractivity contribution in [3.8, 4) is 11.5 Å². The number of hydrogen-bond acceptors (Lipinski definition) is 5. The molecule has 0 aliphatic heterocycles. The highest BCUT2D eigenvalue weighted by Crippen LogP contribution is 2.36. The molecule has 1 aromatic carbocycles. The second kappa shape index (κ2) is 8.51.